The average Bonchev–Trinajstić information content (AvgIpc) is 2.61. The summed E-state index contributed by atoms with van der Waals surface area (Å²) in [6.07, 6.45) is 8.69. The summed E-state index contributed by atoms with van der Waals surface area (Å²) in [5.74, 6) is -0.149. The van der Waals surface area contributed by atoms with Gasteiger partial charge in [0.25, 0.3) is 0 Å². The Bertz CT molecular complexity index is 558. The van der Waals surface area contributed by atoms with Crippen molar-refractivity contribution in [3.8, 4) is 0 Å². The van der Waals surface area contributed by atoms with Crippen molar-refractivity contribution >= 4 is 23.6 Å². The standard InChI is InChI=1S/C16H23ClN4O4/c1-20-9-2-3-12(11-20)15(22)25-14-6-4-13(5-7-14)18-16(23)21(19-24)10-8-17/h2,9,11,13-14H,3-8,10H2,1H3,(H,18,23). The first-order valence-corrected chi connectivity index (χ1v) is 8.84. The normalized spacial score (nSPS) is 22.8. The van der Waals surface area contributed by atoms with Gasteiger partial charge in [-0.1, -0.05) is 6.08 Å². The zero-order chi connectivity index (χ0) is 18.2. The quantitative estimate of drug-likeness (QED) is 0.335. The van der Waals surface area contributed by atoms with Crippen LogP contribution < -0.4 is 5.32 Å². The molecule has 25 heavy (non-hydrogen) atoms. The molecular weight excluding hydrogens is 348 g/mol. The van der Waals surface area contributed by atoms with Crippen molar-refractivity contribution in [2.75, 3.05) is 19.5 Å². The van der Waals surface area contributed by atoms with Crippen molar-refractivity contribution in [1.29, 1.82) is 0 Å². The molecule has 1 aliphatic carbocycles. The average molecular weight is 371 g/mol. The van der Waals surface area contributed by atoms with Crippen molar-refractivity contribution in [2.45, 2.75) is 44.2 Å². The summed E-state index contributed by atoms with van der Waals surface area (Å²) in [6, 6.07) is -0.608. The van der Waals surface area contributed by atoms with E-state index < -0.39 is 6.03 Å². The third-order valence-electron chi connectivity index (χ3n) is 4.20. The van der Waals surface area contributed by atoms with E-state index >= 15 is 0 Å². The van der Waals surface area contributed by atoms with E-state index in [2.05, 4.69) is 10.6 Å². The Labute approximate surface area is 151 Å². The number of carbonyl (C=O) groups is 2. The van der Waals surface area contributed by atoms with E-state index in [1.165, 1.54) is 0 Å². The van der Waals surface area contributed by atoms with Gasteiger partial charge in [0.05, 0.1) is 17.4 Å². The molecule has 138 valence electrons. The van der Waals surface area contributed by atoms with Crippen molar-refractivity contribution < 1.29 is 14.3 Å². The second kappa shape index (κ2) is 9.41. The van der Waals surface area contributed by atoms with Crippen LogP contribution in [0.25, 0.3) is 0 Å². The van der Waals surface area contributed by atoms with Crippen LogP contribution in [0.1, 0.15) is 32.1 Å². The first-order valence-electron chi connectivity index (χ1n) is 8.31. The minimum Gasteiger partial charge on any atom is -0.459 e. The molecule has 1 N–H and O–H groups in total. The molecule has 0 aromatic carbocycles. The van der Waals surface area contributed by atoms with Gasteiger partial charge in [0.2, 0.25) is 0 Å². The molecule has 1 saturated carbocycles. The van der Waals surface area contributed by atoms with E-state index in [-0.39, 0.29) is 30.5 Å². The van der Waals surface area contributed by atoms with Gasteiger partial charge < -0.3 is 15.0 Å². The summed E-state index contributed by atoms with van der Waals surface area (Å²) in [5.41, 5.74) is 0.634. The fourth-order valence-electron chi connectivity index (χ4n) is 2.88. The highest BCUT2D eigenvalue weighted by molar-refractivity contribution is 6.18. The Morgan fingerprint density at radius 2 is 2.12 bits per heavy atom. The van der Waals surface area contributed by atoms with Crippen LogP contribution in [-0.4, -0.2) is 53.5 Å². The van der Waals surface area contributed by atoms with Gasteiger partial charge in [0.1, 0.15) is 6.10 Å². The fourth-order valence-corrected chi connectivity index (χ4v) is 3.04. The number of halogens is 1. The van der Waals surface area contributed by atoms with Gasteiger partial charge in [-0.3, -0.25) is 0 Å². The lowest BCUT2D eigenvalue weighted by atomic mass is 9.93. The molecular formula is C16H23ClN4O4. The number of hydrogen-bond donors (Lipinski definition) is 1. The molecule has 0 saturated heterocycles. The number of rotatable bonds is 6. The maximum absolute atomic E-state index is 12.2. The highest BCUT2D eigenvalue weighted by atomic mass is 35.5. The van der Waals surface area contributed by atoms with E-state index in [9.17, 15) is 14.5 Å². The van der Waals surface area contributed by atoms with Crippen LogP contribution in [0.4, 0.5) is 4.79 Å². The number of esters is 1. The molecule has 1 heterocycles. The van der Waals surface area contributed by atoms with Gasteiger partial charge in [-0.25, -0.2) is 9.59 Å². The van der Waals surface area contributed by atoms with Crippen molar-refractivity contribution in [3.63, 3.8) is 0 Å². The van der Waals surface area contributed by atoms with E-state index in [4.69, 9.17) is 16.3 Å². The van der Waals surface area contributed by atoms with Gasteiger partial charge in [0.15, 0.2) is 0 Å². The highest BCUT2D eigenvalue weighted by Gasteiger charge is 2.27. The smallest absolute Gasteiger partial charge is 0.340 e. The Balaban J connectivity index is 1.75. The summed E-state index contributed by atoms with van der Waals surface area (Å²) >= 11 is 5.52. The number of ether oxygens (including phenoxy) is 1. The molecule has 2 amide bonds. The summed E-state index contributed by atoms with van der Waals surface area (Å²) in [6.45, 7) is 0.0713. The molecule has 1 aliphatic heterocycles. The first kappa shape index (κ1) is 19.2. The highest BCUT2D eigenvalue weighted by Crippen LogP contribution is 2.23. The minimum atomic E-state index is -0.543. The zero-order valence-electron chi connectivity index (χ0n) is 14.2. The predicted molar refractivity (Wildman–Crippen MR) is 93.5 cm³/mol. The Morgan fingerprint density at radius 1 is 1.40 bits per heavy atom. The van der Waals surface area contributed by atoms with Gasteiger partial charge in [0, 0.05) is 31.6 Å². The lowest BCUT2D eigenvalue weighted by molar-refractivity contribution is -0.146. The number of nitroso groups, excluding NO2 is 1. The predicted octanol–water partition coefficient (Wildman–Crippen LogP) is 2.51. The molecule has 1 fully saturated rings. The number of nitrogens with zero attached hydrogens (tertiary/aromatic N) is 3. The van der Waals surface area contributed by atoms with Crippen LogP contribution in [0.5, 0.6) is 0 Å². The van der Waals surface area contributed by atoms with E-state index in [1.807, 2.05) is 24.2 Å². The molecule has 0 spiro atoms. The van der Waals surface area contributed by atoms with E-state index in [1.54, 1.807) is 6.20 Å². The Morgan fingerprint density at radius 3 is 2.72 bits per heavy atom. The summed E-state index contributed by atoms with van der Waals surface area (Å²) in [5, 5.41) is 6.20. The Kier molecular flexibility index (Phi) is 7.24. The molecule has 8 nitrogen and oxygen atoms in total. The van der Waals surface area contributed by atoms with Crippen LogP contribution in [-0.2, 0) is 9.53 Å². The lowest BCUT2D eigenvalue weighted by Crippen LogP contribution is -2.45. The number of alkyl halides is 1. The molecule has 9 heteroatoms. The molecule has 0 aromatic heterocycles. The number of nitrogens with one attached hydrogen (secondary N) is 1. The van der Waals surface area contributed by atoms with Crippen LogP contribution in [0.3, 0.4) is 0 Å². The van der Waals surface area contributed by atoms with Crippen LogP contribution in [0, 0.1) is 4.91 Å². The Hall–Kier alpha value is -2.09. The van der Waals surface area contributed by atoms with Gasteiger partial charge >= 0.3 is 12.0 Å². The molecule has 0 bridgehead atoms. The fraction of sp³-hybridized carbons (Fsp3) is 0.625. The number of carbonyl (C=O) groups excluding carboxylic acids is 2. The van der Waals surface area contributed by atoms with Crippen LogP contribution in [0.2, 0.25) is 0 Å². The van der Waals surface area contributed by atoms with Crippen molar-refractivity contribution in [2.24, 2.45) is 5.29 Å². The molecule has 0 atom stereocenters. The summed E-state index contributed by atoms with van der Waals surface area (Å²) in [7, 11) is 1.86. The first-order chi connectivity index (χ1) is 12.0. The van der Waals surface area contributed by atoms with E-state index in [0.29, 0.717) is 37.7 Å². The van der Waals surface area contributed by atoms with E-state index in [0.717, 1.165) is 5.01 Å². The number of hydrogen-bond acceptors (Lipinski definition) is 6. The largest absolute Gasteiger partial charge is 0.459 e. The second-order valence-electron chi connectivity index (χ2n) is 6.13. The second-order valence-corrected chi connectivity index (χ2v) is 6.51. The lowest BCUT2D eigenvalue weighted by Gasteiger charge is -2.30. The molecule has 2 rings (SSSR count). The van der Waals surface area contributed by atoms with Gasteiger partial charge in [-0.15, -0.1) is 16.5 Å². The molecule has 2 aliphatic rings. The number of urea groups is 1. The third-order valence-corrected chi connectivity index (χ3v) is 4.37. The third kappa shape index (κ3) is 5.74. The maximum Gasteiger partial charge on any atom is 0.340 e. The SMILES string of the molecule is CN1C=CCC(C(=O)OC2CCC(NC(=O)N(CCCl)N=O)CC2)=C1. The molecule has 0 unspecified atom stereocenters. The number of amides is 2. The van der Waals surface area contributed by atoms with Crippen LogP contribution >= 0.6 is 11.6 Å². The minimum absolute atomic E-state index is 0.0648. The van der Waals surface area contributed by atoms with Crippen molar-refractivity contribution in [3.05, 3.63) is 29.0 Å². The van der Waals surface area contributed by atoms with Gasteiger partial charge in [-0.05, 0) is 31.9 Å². The summed E-state index contributed by atoms with van der Waals surface area (Å²) in [4.78, 5) is 36.5. The topological polar surface area (TPSA) is 91.3 Å². The number of allylic oxidation sites excluding steroid dienone is 1. The monoisotopic (exact) mass is 370 g/mol. The van der Waals surface area contributed by atoms with Crippen molar-refractivity contribution in [1.82, 2.24) is 15.2 Å². The van der Waals surface area contributed by atoms with Gasteiger partial charge in [-0.2, -0.15) is 5.01 Å². The summed E-state index contributed by atoms with van der Waals surface area (Å²) < 4.78 is 5.56. The zero-order valence-corrected chi connectivity index (χ0v) is 14.9. The molecule has 0 aromatic rings. The molecule has 0 radical (unpaired) electrons. The van der Waals surface area contributed by atoms with Crippen LogP contribution in [0.15, 0.2) is 29.3 Å². The maximum atomic E-state index is 12.2.